The molecule has 3 heterocycles. The van der Waals surface area contributed by atoms with E-state index in [1.165, 1.54) is 6.26 Å². The van der Waals surface area contributed by atoms with Crippen molar-refractivity contribution in [3.8, 4) is 0 Å². The lowest BCUT2D eigenvalue weighted by Crippen LogP contribution is -2.46. The Morgan fingerprint density at radius 1 is 1.36 bits per heavy atom. The molecule has 8 nitrogen and oxygen atoms in total. The number of nitrogens with zero attached hydrogens (tertiary/aromatic N) is 2. The molecule has 10 heteroatoms. The Balaban J connectivity index is 0.00000280. The highest BCUT2D eigenvalue weighted by Crippen LogP contribution is 2.19. The third-order valence-corrected chi connectivity index (χ3v) is 6.36. The van der Waals surface area contributed by atoms with Crippen LogP contribution in [0.5, 0.6) is 0 Å². The second-order valence-electron chi connectivity index (χ2n) is 7.23. The fourth-order valence-electron chi connectivity index (χ4n) is 3.55. The minimum Gasteiger partial charge on any atom is -0.469 e. The van der Waals surface area contributed by atoms with Crippen molar-refractivity contribution < 1.29 is 17.6 Å². The first-order valence-corrected chi connectivity index (χ1v) is 11.5. The highest BCUT2D eigenvalue weighted by molar-refractivity contribution is 14.0. The monoisotopic (exact) mass is 526 g/mol. The van der Waals surface area contributed by atoms with Crippen molar-refractivity contribution in [2.45, 2.75) is 31.7 Å². The van der Waals surface area contributed by atoms with E-state index >= 15 is 0 Å². The number of hydrogen-bond donors (Lipinski definition) is 2. The van der Waals surface area contributed by atoms with Gasteiger partial charge in [0.25, 0.3) is 0 Å². The fraction of sp³-hybridized carbons (Fsp3) is 0.722. The van der Waals surface area contributed by atoms with Crippen molar-refractivity contribution in [3.05, 3.63) is 24.2 Å². The van der Waals surface area contributed by atoms with E-state index in [4.69, 9.17) is 9.15 Å². The lowest BCUT2D eigenvalue weighted by molar-refractivity contribution is 0.187. The highest BCUT2D eigenvalue weighted by atomic mass is 127. The molecule has 1 unspecified atom stereocenters. The zero-order chi connectivity index (χ0) is 19.1. The van der Waals surface area contributed by atoms with Gasteiger partial charge in [0, 0.05) is 51.2 Å². The van der Waals surface area contributed by atoms with Crippen molar-refractivity contribution in [2.24, 2.45) is 10.9 Å². The number of guanidine groups is 1. The van der Waals surface area contributed by atoms with E-state index in [-0.39, 0.29) is 30.0 Å². The molecule has 2 atom stereocenters. The van der Waals surface area contributed by atoms with Crippen LogP contribution >= 0.6 is 24.0 Å². The third kappa shape index (κ3) is 7.20. The molecule has 1 aromatic heterocycles. The quantitative estimate of drug-likeness (QED) is 0.303. The van der Waals surface area contributed by atoms with Gasteiger partial charge >= 0.3 is 0 Å². The van der Waals surface area contributed by atoms with Gasteiger partial charge in [-0.2, -0.15) is 4.31 Å². The number of aliphatic imine (C=N–C) groups is 1. The molecule has 1 aromatic rings. The maximum atomic E-state index is 11.9. The standard InChI is InChI=1S/C18H30N4O4S.HI/c1-27(23,24)22-9-2-4-16(22)13-21-18(20-12-15-7-11-25-14-15)19-8-6-17-5-3-10-26-17;/h3,5,10,15-16H,2,4,6-9,11-14H2,1H3,(H2,19,20,21);1H/t15?,16-;/m1./s1. The summed E-state index contributed by atoms with van der Waals surface area (Å²) in [6.07, 6.45) is 6.52. The Hall–Kier alpha value is -0.850. The van der Waals surface area contributed by atoms with Gasteiger partial charge in [-0.3, -0.25) is 4.99 Å². The molecule has 2 N–H and O–H groups in total. The Bertz CT molecular complexity index is 705. The number of halogens is 1. The van der Waals surface area contributed by atoms with E-state index in [2.05, 4.69) is 15.6 Å². The average molecular weight is 526 g/mol. The summed E-state index contributed by atoms with van der Waals surface area (Å²) in [5.74, 6) is 2.09. The Morgan fingerprint density at radius 2 is 2.21 bits per heavy atom. The summed E-state index contributed by atoms with van der Waals surface area (Å²) >= 11 is 0. The van der Waals surface area contributed by atoms with Crippen molar-refractivity contribution in [1.82, 2.24) is 14.9 Å². The minimum absolute atomic E-state index is 0. The third-order valence-electron chi connectivity index (χ3n) is 5.03. The first kappa shape index (κ1) is 23.4. The van der Waals surface area contributed by atoms with Gasteiger partial charge in [-0.1, -0.05) is 0 Å². The Labute approximate surface area is 184 Å². The number of hydrogen-bond acceptors (Lipinski definition) is 5. The molecule has 2 aliphatic rings. The molecular formula is C18H31IN4O4S. The number of rotatable bonds is 8. The van der Waals surface area contributed by atoms with Gasteiger partial charge in [0.1, 0.15) is 5.76 Å². The second-order valence-corrected chi connectivity index (χ2v) is 9.16. The summed E-state index contributed by atoms with van der Waals surface area (Å²) < 4.78 is 36.2. The van der Waals surface area contributed by atoms with Crippen LogP contribution in [0.2, 0.25) is 0 Å². The Kier molecular flexibility index (Phi) is 9.51. The van der Waals surface area contributed by atoms with E-state index in [1.807, 2.05) is 12.1 Å². The maximum absolute atomic E-state index is 11.9. The molecular weight excluding hydrogens is 495 g/mol. The predicted molar refractivity (Wildman–Crippen MR) is 120 cm³/mol. The van der Waals surface area contributed by atoms with Gasteiger partial charge in [-0.05, 0) is 31.4 Å². The molecule has 0 bridgehead atoms. The van der Waals surface area contributed by atoms with Crippen molar-refractivity contribution in [1.29, 1.82) is 0 Å². The largest absolute Gasteiger partial charge is 0.469 e. The fourth-order valence-corrected chi connectivity index (χ4v) is 4.73. The van der Waals surface area contributed by atoms with Gasteiger partial charge in [0.15, 0.2) is 5.96 Å². The molecule has 3 rings (SSSR count). The van der Waals surface area contributed by atoms with Crippen LogP contribution < -0.4 is 10.6 Å². The van der Waals surface area contributed by atoms with Crippen LogP contribution in [0, 0.1) is 5.92 Å². The number of furan rings is 1. The molecule has 28 heavy (non-hydrogen) atoms. The van der Waals surface area contributed by atoms with Gasteiger partial charge in [-0.15, -0.1) is 24.0 Å². The van der Waals surface area contributed by atoms with E-state index in [9.17, 15) is 8.42 Å². The van der Waals surface area contributed by atoms with E-state index in [0.717, 1.165) is 44.7 Å². The number of sulfonamides is 1. The molecule has 0 amide bonds. The topological polar surface area (TPSA) is 96.2 Å². The predicted octanol–water partition coefficient (Wildman–Crippen LogP) is 1.44. The van der Waals surface area contributed by atoms with Gasteiger partial charge in [0.05, 0.1) is 19.1 Å². The van der Waals surface area contributed by atoms with Crippen LogP contribution in [0.25, 0.3) is 0 Å². The minimum atomic E-state index is -3.17. The van der Waals surface area contributed by atoms with Crippen molar-refractivity contribution in [3.63, 3.8) is 0 Å². The summed E-state index contributed by atoms with van der Waals surface area (Å²) in [6, 6.07) is 3.80. The van der Waals surface area contributed by atoms with E-state index in [1.54, 1.807) is 10.6 Å². The van der Waals surface area contributed by atoms with Crippen molar-refractivity contribution in [2.75, 3.05) is 45.6 Å². The van der Waals surface area contributed by atoms with Gasteiger partial charge in [0.2, 0.25) is 10.0 Å². The van der Waals surface area contributed by atoms with Gasteiger partial charge < -0.3 is 19.8 Å². The number of ether oxygens (including phenoxy) is 1. The van der Waals surface area contributed by atoms with Crippen molar-refractivity contribution >= 4 is 40.0 Å². The van der Waals surface area contributed by atoms with Crippen LogP contribution in [0.1, 0.15) is 25.0 Å². The Morgan fingerprint density at radius 3 is 2.89 bits per heavy atom. The summed E-state index contributed by atoms with van der Waals surface area (Å²) in [5.41, 5.74) is 0. The molecule has 0 aliphatic carbocycles. The van der Waals surface area contributed by atoms with Crippen LogP contribution in [-0.4, -0.2) is 70.4 Å². The SMILES string of the molecule is CS(=O)(=O)N1CCC[C@@H]1CNC(=NCC1CCOC1)NCCc1ccco1.I. The zero-order valence-electron chi connectivity index (χ0n) is 16.3. The normalized spacial score (nSPS) is 23.5. The molecule has 0 spiro atoms. The van der Waals surface area contributed by atoms with E-state index in [0.29, 0.717) is 38.1 Å². The first-order valence-electron chi connectivity index (χ1n) is 9.61. The average Bonchev–Trinajstić information content (AvgIpc) is 3.38. The lowest BCUT2D eigenvalue weighted by atomic mass is 10.1. The van der Waals surface area contributed by atoms with Crippen LogP contribution in [0.4, 0.5) is 0 Å². The summed E-state index contributed by atoms with van der Waals surface area (Å²) in [5, 5.41) is 6.66. The van der Waals surface area contributed by atoms with E-state index < -0.39 is 10.0 Å². The summed E-state index contributed by atoms with van der Waals surface area (Å²) in [4.78, 5) is 4.69. The van der Waals surface area contributed by atoms with Gasteiger partial charge in [-0.25, -0.2) is 8.42 Å². The van der Waals surface area contributed by atoms with Crippen LogP contribution in [0.3, 0.4) is 0 Å². The molecule has 160 valence electrons. The van der Waals surface area contributed by atoms with Crippen LogP contribution in [0.15, 0.2) is 27.8 Å². The molecule has 2 saturated heterocycles. The smallest absolute Gasteiger partial charge is 0.211 e. The first-order chi connectivity index (χ1) is 13.0. The second kappa shape index (κ2) is 11.4. The highest BCUT2D eigenvalue weighted by Gasteiger charge is 2.31. The lowest BCUT2D eigenvalue weighted by Gasteiger charge is -2.23. The molecule has 2 aliphatic heterocycles. The molecule has 0 radical (unpaired) electrons. The number of nitrogens with one attached hydrogen (secondary N) is 2. The molecule has 0 saturated carbocycles. The summed E-state index contributed by atoms with van der Waals surface area (Å²) in [6.45, 7) is 4.12. The van der Waals surface area contributed by atoms with Crippen LogP contribution in [-0.2, 0) is 21.2 Å². The molecule has 0 aromatic carbocycles. The zero-order valence-corrected chi connectivity index (χ0v) is 19.4. The summed E-state index contributed by atoms with van der Waals surface area (Å²) in [7, 11) is -3.17. The molecule has 2 fully saturated rings. The maximum Gasteiger partial charge on any atom is 0.211 e.